The predicted molar refractivity (Wildman–Crippen MR) is 109 cm³/mol. The van der Waals surface area contributed by atoms with Crippen molar-refractivity contribution < 1.29 is 4.79 Å². The first kappa shape index (κ1) is 18.0. The Morgan fingerprint density at radius 1 is 1.15 bits per heavy atom. The van der Waals surface area contributed by atoms with Crippen LogP contribution in [0.1, 0.15) is 61.6 Å². The van der Waals surface area contributed by atoms with Gasteiger partial charge in [0.1, 0.15) is 5.82 Å². The minimum atomic E-state index is -0.364. The first-order valence-corrected chi connectivity index (χ1v) is 10.5. The maximum Gasteiger partial charge on any atom is 0.257 e. The van der Waals surface area contributed by atoms with E-state index in [9.17, 15) is 9.59 Å². The van der Waals surface area contributed by atoms with Gasteiger partial charge in [-0.15, -0.1) is 0 Å². The first-order valence-electron chi connectivity index (χ1n) is 9.31. The molecule has 1 aliphatic carbocycles. The molecule has 1 aliphatic heterocycles. The number of nitrogens with one attached hydrogen (secondary N) is 2. The first-order chi connectivity index (χ1) is 13.0. The molecule has 0 spiro atoms. The summed E-state index contributed by atoms with van der Waals surface area (Å²) in [5, 5.41) is 3.86. The fraction of sp³-hybridized carbons (Fsp3) is 0.381. The van der Waals surface area contributed by atoms with E-state index >= 15 is 0 Å². The van der Waals surface area contributed by atoms with Gasteiger partial charge < -0.3 is 10.3 Å². The van der Waals surface area contributed by atoms with Gasteiger partial charge in [-0.2, -0.15) is 0 Å². The summed E-state index contributed by atoms with van der Waals surface area (Å²) in [6.45, 7) is 4.30. The van der Waals surface area contributed by atoms with Gasteiger partial charge in [-0.1, -0.05) is 49.9 Å². The smallest absolute Gasteiger partial charge is 0.257 e. The van der Waals surface area contributed by atoms with Crippen molar-refractivity contribution in [2.75, 3.05) is 11.6 Å². The van der Waals surface area contributed by atoms with Crippen molar-refractivity contribution in [3.8, 4) is 0 Å². The second kappa shape index (κ2) is 7.00. The van der Waals surface area contributed by atoms with Crippen molar-refractivity contribution in [2.45, 2.75) is 50.1 Å². The number of hydrogen-bond acceptors (Lipinski definition) is 5. The van der Waals surface area contributed by atoms with E-state index < -0.39 is 0 Å². The molecule has 1 atom stereocenters. The third-order valence-electron chi connectivity index (χ3n) is 5.37. The van der Waals surface area contributed by atoms with E-state index in [-0.39, 0.29) is 17.3 Å². The van der Waals surface area contributed by atoms with Crippen LogP contribution < -0.4 is 10.9 Å². The molecular formula is C21H23N3O2S. The highest BCUT2D eigenvalue weighted by Gasteiger charge is 2.37. The summed E-state index contributed by atoms with van der Waals surface area (Å²) >= 11 is 1.40. The van der Waals surface area contributed by atoms with Gasteiger partial charge in [-0.25, -0.2) is 4.98 Å². The number of carbonyl (C=O) groups is 1. The van der Waals surface area contributed by atoms with Crippen LogP contribution in [0.15, 0.2) is 45.5 Å². The highest BCUT2D eigenvalue weighted by atomic mass is 32.2. The van der Waals surface area contributed by atoms with Gasteiger partial charge >= 0.3 is 0 Å². The normalized spacial score (nSPS) is 19.0. The van der Waals surface area contributed by atoms with Gasteiger partial charge in [0.05, 0.1) is 5.56 Å². The van der Waals surface area contributed by atoms with Crippen LogP contribution in [0.2, 0.25) is 0 Å². The Hall–Kier alpha value is -2.34. The molecule has 0 fully saturated rings. The summed E-state index contributed by atoms with van der Waals surface area (Å²) in [5.41, 5.74) is 4.21. The van der Waals surface area contributed by atoms with Gasteiger partial charge in [-0.3, -0.25) is 9.59 Å². The Morgan fingerprint density at radius 3 is 2.56 bits per heavy atom. The van der Waals surface area contributed by atoms with E-state index in [1.54, 1.807) is 0 Å². The Labute approximate surface area is 162 Å². The summed E-state index contributed by atoms with van der Waals surface area (Å²) in [7, 11) is 0. The Bertz CT molecular complexity index is 989. The number of carbonyl (C=O) groups excluding carboxylic acids is 1. The zero-order chi connectivity index (χ0) is 19.1. The molecule has 2 heterocycles. The summed E-state index contributed by atoms with van der Waals surface area (Å²) in [5.74, 6) is 0.771. The van der Waals surface area contributed by atoms with Crippen molar-refractivity contribution in [3.63, 3.8) is 0 Å². The number of hydrogen-bond donors (Lipinski definition) is 2. The number of fused-ring (bicyclic) bond motifs is 1. The van der Waals surface area contributed by atoms with E-state index in [1.165, 1.54) is 17.3 Å². The highest BCUT2D eigenvalue weighted by Crippen LogP contribution is 2.43. The number of ketones is 1. The second-order valence-electron chi connectivity index (χ2n) is 7.39. The average Bonchev–Trinajstić information content (AvgIpc) is 2.66. The molecule has 0 bridgehead atoms. The van der Waals surface area contributed by atoms with Crippen molar-refractivity contribution >= 4 is 23.4 Å². The molecule has 0 unspecified atom stereocenters. The Morgan fingerprint density at radius 2 is 1.89 bits per heavy atom. The van der Waals surface area contributed by atoms with Crippen LogP contribution >= 0.6 is 11.8 Å². The van der Waals surface area contributed by atoms with Crippen LogP contribution in [0, 0.1) is 0 Å². The van der Waals surface area contributed by atoms with Crippen molar-refractivity contribution in [2.24, 2.45) is 0 Å². The number of thioether (sulfide) groups is 1. The lowest BCUT2D eigenvalue weighted by Gasteiger charge is -2.32. The summed E-state index contributed by atoms with van der Waals surface area (Å²) in [4.78, 5) is 33.1. The molecule has 6 heteroatoms. The van der Waals surface area contributed by atoms with Crippen LogP contribution in [0.3, 0.4) is 0 Å². The fourth-order valence-electron chi connectivity index (χ4n) is 3.94. The molecule has 0 saturated heterocycles. The molecule has 27 heavy (non-hydrogen) atoms. The van der Waals surface area contributed by atoms with Gasteiger partial charge in [0.25, 0.3) is 5.56 Å². The van der Waals surface area contributed by atoms with Gasteiger partial charge in [0.15, 0.2) is 10.9 Å². The lowest BCUT2D eigenvalue weighted by atomic mass is 9.76. The second-order valence-corrected chi connectivity index (χ2v) is 8.18. The number of allylic oxidation sites excluding steroid dienone is 2. The monoisotopic (exact) mass is 381 g/mol. The van der Waals surface area contributed by atoms with Crippen molar-refractivity contribution in [1.29, 1.82) is 0 Å². The SMILES string of the molecule is CSc1nc2c(c(=O)[nH]1)[C@H](c1ccc(C(C)C)cc1)C1=C(CCCC1=O)N2. The van der Waals surface area contributed by atoms with Crippen LogP contribution in [0.25, 0.3) is 0 Å². The summed E-state index contributed by atoms with van der Waals surface area (Å²) in [6.07, 6.45) is 4.05. The largest absolute Gasteiger partial charge is 0.343 e. The molecule has 0 amide bonds. The molecule has 2 N–H and O–H groups in total. The molecule has 1 aromatic carbocycles. The Balaban J connectivity index is 1.92. The highest BCUT2D eigenvalue weighted by molar-refractivity contribution is 7.98. The van der Waals surface area contributed by atoms with Gasteiger partial charge in [-0.05, 0) is 36.1 Å². The number of aromatic amines is 1. The molecule has 4 rings (SSSR count). The average molecular weight is 382 g/mol. The molecule has 0 saturated carbocycles. The van der Waals surface area contributed by atoms with E-state index in [2.05, 4.69) is 41.3 Å². The number of aromatic nitrogens is 2. The number of nitrogens with zero attached hydrogens (tertiary/aromatic N) is 1. The lowest BCUT2D eigenvalue weighted by molar-refractivity contribution is -0.116. The predicted octanol–water partition coefficient (Wildman–Crippen LogP) is 4.18. The number of H-pyrrole nitrogens is 1. The van der Waals surface area contributed by atoms with Crippen LogP contribution in [0.5, 0.6) is 0 Å². The zero-order valence-electron chi connectivity index (χ0n) is 15.8. The molecule has 0 radical (unpaired) electrons. The number of rotatable bonds is 3. The van der Waals surface area contributed by atoms with E-state index in [1.807, 2.05) is 18.4 Å². The van der Waals surface area contributed by atoms with Gasteiger partial charge in [0.2, 0.25) is 0 Å². The van der Waals surface area contributed by atoms with E-state index in [0.717, 1.165) is 29.7 Å². The standard InChI is InChI=1S/C21H23N3O2S/c1-11(2)12-7-9-13(10-8-12)16-17-14(5-4-6-15(17)25)22-19-18(16)20(26)24-21(23-19)27-3/h7-11,16H,4-6H2,1-3H3,(H2,22,23,24,26)/t16-/m1/s1. The quantitative estimate of drug-likeness (QED) is 0.616. The lowest BCUT2D eigenvalue weighted by Crippen LogP contribution is -2.32. The topological polar surface area (TPSA) is 74.8 Å². The maximum absolute atomic E-state index is 12.9. The van der Waals surface area contributed by atoms with Crippen LogP contribution in [0.4, 0.5) is 5.82 Å². The number of benzene rings is 1. The zero-order valence-corrected chi connectivity index (χ0v) is 16.6. The Kier molecular flexibility index (Phi) is 4.68. The van der Waals surface area contributed by atoms with Crippen LogP contribution in [-0.2, 0) is 4.79 Å². The van der Waals surface area contributed by atoms with E-state index in [0.29, 0.717) is 28.9 Å². The molecule has 2 aromatic rings. The number of anilines is 1. The minimum Gasteiger partial charge on any atom is -0.343 e. The molecule has 2 aliphatic rings. The molecule has 140 valence electrons. The van der Waals surface area contributed by atoms with Crippen molar-refractivity contribution in [3.05, 3.63) is 62.6 Å². The van der Waals surface area contributed by atoms with Crippen molar-refractivity contribution in [1.82, 2.24) is 9.97 Å². The third-order valence-corrected chi connectivity index (χ3v) is 5.95. The van der Waals surface area contributed by atoms with E-state index in [4.69, 9.17) is 0 Å². The molecule has 5 nitrogen and oxygen atoms in total. The summed E-state index contributed by atoms with van der Waals surface area (Å²) in [6, 6.07) is 8.27. The summed E-state index contributed by atoms with van der Waals surface area (Å²) < 4.78 is 0. The molecular weight excluding hydrogens is 358 g/mol. The maximum atomic E-state index is 12.9. The van der Waals surface area contributed by atoms with Gasteiger partial charge in [0, 0.05) is 23.6 Å². The van der Waals surface area contributed by atoms with Crippen LogP contribution in [-0.4, -0.2) is 22.0 Å². The third kappa shape index (κ3) is 3.12. The minimum absolute atomic E-state index is 0.126. The fourth-order valence-corrected chi connectivity index (χ4v) is 4.32. The number of Topliss-reactive ketones (excluding diaryl/α,β-unsaturated/α-hetero) is 1. The molecule has 1 aromatic heterocycles.